The largest absolute Gasteiger partial charge is 0.449 e. The molecule has 0 bridgehead atoms. The number of hydrogen-bond donors (Lipinski definition) is 0. The third-order valence-electron chi connectivity index (χ3n) is 5.02. The first-order chi connectivity index (χ1) is 13.4. The maximum absolute atomic E-state index is 12.9. The van der Waals surface area contributed by atoms with Crippen molar-refractivity contribution in [2.24, 2.45) is 0 Å². The fourth-order valence-electron chi connectivity index (χ4n) is 3.43. The molecule has 1 aromatic heterocycles. The molecule has 0 radical (unpaired) electrons. The minimum Gasteiger partial charge on any atom is -0.449 e. The van der Waals surface area contributed by atoms with Gasteiger partial charge in [-0.3, -0.25) is 4.79 Å². The van der Waals surface area contributed by atoms with Crippen molar-refractivity contribution in [3.05, 3.63) is 64.9 Å². The highest BCUT2D eigenvalue weighted by molar-refractivity contribution is 7.89. The van der Waals surface area contributed by atoms with Gasteiger partial charge in [0.15, 0.2) is 11.3 Å². The average molecular weight is 419 g/mol. The fraction of sp³-hybridized carbons (Fsp3) is 0.250. The van der Waals surface area contributed by atoms with E-state index in [4.69, 9.17) is 16.0 Å². The number of para-hydroxylation sites is 1. The van der Waals surface area contributed by atoms with Gasteiger partial charge in [-0.1, -0.05) is 41.9 Å². The molecule has 1 fully saturated rings. The molecule has 4 rings (SSSR count). The normalized spacial score (nSPS) is 15.9. The molecule has 0 aliphatic carbocycles. The van der Waals surface area contributed by atoms with E-state index < -0.39 is 10.0 Å². The highest BCUT2D eigenvalue weighted by atomic mass is 35.5. The summed E-state index contributed by atoms with van der Waals surface area (Å²) in [5, 5.41) is 1.26. The molecule has 2 heterocycles. The molecule has 146 valence electrons. The number of furan rings is 1. The lowest BCUT2D eigenvalue weighted by Crippen LogP contribution is -2.50. The van der Waals surface area contributed by atoms with Gasteiger partial charge in [0.2, 0.25) is 10.0 Å². The van der Waals surface area contributed by atoms with Crippen molar-refractivity contribution in [1.29, 1.82) is 0 Å². The second-order valence-electron chi connectivity index (χ2n) is 6.68. The molecule has 0 spiro atoms. The Balaban J connectivity index is 1.52. The number of benzene rings is 2. The monoisotopic (exact) mass is 418 g/mol. The van der Waals surface area contributed by atoms with Gasteiger partial charge in [0, 0.05) is 37.1 Å². The summed E-state index contributed by atoms with van der Waals surface area (Å²) in [6.45, 7) is 2.90. The minimum absolute atomic E-state index is 0.239. The Bertz CT molecular complexity index is 1130. The fourth-order valence-corrected chi connectivity index (χ4v) is 5.09. The van der Waals surface area contributed by atoms with Gasteiger partial charge in [0.25, 0.3) is 5.91 Å². The molecule has 1 aliphatic heterocycles. The van der Waals surface area contributed by atoms with Gasteiger partial charge in [0.1, 0.15) is 0 Å². The number of hydrogen-bond acceptors (Lipinski definition) is 4. The van der Waals surface area contributed by atoms with Crippen LogP contribution in [-0.2, 0) is 10.0 Å². The first-order valence-electron chi connectivity index (χ1n) is 8.91. The van der Waals surface area contributed by atoms with Crippen LogP contribution in [0.2, 0.25) is 5.02 Å². The summed E-state index contributed by atoms with van der Waals surface area (Å²) < 4.78 is 32.6. The summed E-state index contributed by atoms with van der Waals surface area (Å²) in [6, 6.07) is 13.7. The molecule has 1 saturated heterocycles. The highest BCUT2D eigenvalue weighted by Gasteiger charge is 2.32. The summed E-state index contributed by atoms with van der Waals surface area (Å²) in [5.41, 5.74) is 1.23. The van der Waals surface area contributed by atoms with Gasteiger partial charge in [0.05, 0.1) is 9.92 Å². The molecule has 2 aromatic carbocycles. The van der Waals surface area contributed by atoms with Crippen LogP contribution in [0.15, 0.2) is 57.8 Å². The quantitative estimate of drug-likeness (QED) is 0.652. The Morgan fingerprint density at radius 1 is 1.00 bits per heavy atom. The number of piperazine rings is 1. The molecule has 6 nitrogen and oxygen atoms in total. The van der Waals surface area contributed by atoms with Crippen molar-refractivity contribution in [3.63, 3.8) is 0 Å². The number of halogens is 1. The molecule has 0 saturated carbocycles. The van der Waals surface area contributed by atoms with Gasteiger partial charge in [-0.2, -0.15) is 4.31 Å². The van der Waals surface area contributed by atoms with Crippen molar-refractivity contribution >= 4 is 38.5 Å². The first kappa shape index (κ1) is 19.0. The van der Waals surface area contributed by atoms with Gasteiger partial charge in [-0.15, -0.1) is 0 Å². The van der Waals surface area contributed by atoms with Crippen LogP contribution in [0.1, 0.15) is 16.1 Å². The van der Waals surface area contributed by atoms with Crippen LogP contribution in [0.25, 0.3) is 11.0 Å². The number of nitrogens with zero attached hydrogens (tertiary/aromatic N) is 2. The summed E-state index contributed by atoms with van der Waals surface area (Å²) in [4.78, 5) is 14.8. The van der Waals surface area contributed by atoms with Crippen LogP contribution in [0.3, 0.4) is 0 Å². The predicted molar refractivity (Wildman–Crippen MR) is 107 cm³/mol. The van der Waals surface area contributed by atoms with Crippen LogP contribution in [0.5, 0.6) is 0 Å². The maximum atomic E-state index is 12.9. The van der Waals surface area contributed by atoms with Crippen LogP contribution in [-0.4, -0.2) is 49.7 Å². The highest BCUT2D eigenvalue weighted by Crippen LogP contribution is 2.31. The van der Waals surface area contributed by atoms with E-state index in [1.165, 1.54) is 4.31 Å². The van der Waals surface area contributed by atoms with Crippen LogP contribution >= 0.6 is 11.6 Å². The average Bonchev–Trinajstić information content (AvgIpc) is 3.06. The molecule has 8 heteroatoms. The van der Waals surface area contributed by atoms with Crippen LogP contribution in [0.4, 0.5) is 0 Å². The van der Waals surface area contributed by atoms with E-state index in [1.807, 2.05) is 19.1 Å². The molecule has 1 amide bonds. The van der Waals surface area contributed by atoms with Crippen molar-refractivity contribution < 1.29 is 17.6 Å². The number of aryl methyl sites for hydroxylation is 1. The molecule has 0 atom stereocenters. The minimum atomic E-state index is -3.56. The first-order valence-corrected chi connectivity index (χ1v) is 10.7. The van der Waals surface area contributed by atoms with Crippen molar-refractivity contribution in [1.82, 2.24) is 9.21 Å². The SMILES string of the molecule is Cc1c(C(=O)N2CCN(S(=O)(=O)c3ccccc3)CC2)oc2c(Cl)cccc12. The van der Waals surface area contributed by atoms with Gasteiger partial charge in [-0.25, -0.2) is 8.42 Å². The lowest BCUT2D eigenvalue weighted by molar-refractivity contribution is 0.0667. The molecular formula is C20H19ClN2O4S. The van der Waals surface area contributed by atoms with Gasteiger partial charge < -0.3 is 9.32 Å². The van der Waals surface area contributed by atoms with E-state index in [-0.39, 0.29) is 29.7 Å². The zero-order valence-electron chi connectivity index (χ0n) is 15.3. The van der Waals surface area contributed by atoms with Gasteiger partial charge in [-0.05, 0) is 25.1 Å². The number of carbonyl (C=O) groups excluding carboxylic acids is 1. The number of fused-ring (bicyclic) bond motifs is 1. The Morgan fingerprint density at radius 3 is 2.32 bits per heavy atom. The molecular weight excluding hydrogens is 400 g/mol. The molecule has 0 unspecified atom stereocenters. The number of sulfonamides is 1. The lowest BCUT2D eigenvalue weighted by Gasteiger charge is -2.33. The van der Waals surface area contributed by atoms with E-state index in [0.717, 1.165) is 10.9 Å². The number of carbonyl (C=O) groups is 1. The van der Waals surface area contributed by atoms with Crippen molar-refractivity contribution in [2.45, 2.75) is 11.8 Å². The Kier molecular flexibility index (Phi) is 4.91. The molecule has 1 aliphatic rings. The van der Waals surface area contributed by atoms with E-state index in [9.17, 15) is 13.2 Å². The molecule has 28 heavy (non-hydrogen) atoms. The Morgan fingerprint density at radius 2 is 1.68 bits per heavy atom. The Labute approximate surface area is 168 Å². The van der Waals surface area contributed by atoms with Gasteiger partial charge >= 0.3 is 0 Å². The third-order valence-corrected chi connectivity index (χ3v) is 7.23. The maximum Gasteiger partial charge on any atom is 0.289 e. The number of amides is 1. The third kappa shape index (κ3) is 3.19. The zero-order chi connectivity index (χ0) is 19.9. The topological polar surface area (TPSA) is 70.8 Å². The second-order valence-corrected chi connectivity index (χ2v) is 9.03. The molecule has 0 N–H and O–H groups in total. The predicted octanol–water partition coefficient (Wildman–Crippen LogP) is 3.54. The standard InChI is InChI=1S/C20H19ClN2O4S/c1-14-16-8-5-9-17(21)19(16)27-18(14)20(24)22-10-12-23(13-11-22)28(25,26)15-6-3-2-4-7-15/h2-9H,10-13H2,1H3. The van der Waals surface area contributed by atoms with E-state index in [2.05, 4.69) is 0 Å². The smallest absolute Gasteiger partial charge is 0.289 e. The van der Waals surface area contributed by atoms with E-state index >= 15 is 0 Å². The zero-order valence-corrected chi connectivity index (χ0v) is 16.8. The summed E-state index contributed by atoms with van der Waals surface area (Å²) >= 11 is 6.17. The van der Waals surface area contributed by atoms with Crippen LogP contribution in [0, 0.1) is 6.92 Å². The van der Waals surface area contributed by atoms with Crippen molar-refractivity contribution in [3.8, 4) is 0 Å². The second kappa shape index (κ2) is 7.24. The Hall–Kier alpha value is -2.35. The summed E-state index contributed by atoms with van der Waals surface area (Å²) in [7, 11) is -3.56. The van der Waals surface area contributed by atoms with E-state index in [1.54, 1.807) is 41.3 Å². The van der Waals surface area contributed by atoms with Crippen molar-refractivity contribution in [2.75, 3.05) is 26.2 Å². The van der Waals surface area contributed by atoms with E-state index in [0.29, 0.717) is 23.7 Å². The summed E-state index contributed by atoms with van der Waals surface area (Å²) in [5.74, 6) is 0.00370. The summed E-state index contributed by atoms with van der Waals surface area (Å²) in [6.07, 6.45) is 0. The van der Waals surface area contributed by atoms with Crippen LogP contribution < -0.4 is 0 Å². The lowest BCUT2D eigenvalue weighted by atomic mass is 10.1. The number of rotatable bonds is 3. The molecule has 3 aromatic rings.